The summed E-state index contributed by atoms with van der Waals surface area (Å²) < 4.78 is 0. The van der Waals surface area contributed by atoms with E-state index in [9.17, 15) is 4.79 Å². The molecule has 14 heavy (non-hydrogen) atoms. The summed E-state index contributed by atoms with van der Waals surface area (Å²) in [5, 5.41) is 0. The van der Waals surface area contributed by atoms with Crippen LogP contribution in [0.4, 0.5) is 5.95 Å². The van der Waals surface area contributed by atoms with E-state index in [1.807, 2.05) is 6.92 Å². The average Bonchev–Trinajstić information content (AvgIpc) is 2.09. The molecule has 1 aromatic rings. The second-order valence-electron chi connectivity index (χ2n) is 3.47. The first-order chi connectivity index (χ1) is 6.65. The van der Waals surface area contributed by atoms with Crippen LogP contribution in [-0.4, -0.2) is 9.97 Å². The van der Waals surface area contributed by atoms with Crippen LogP contribution in [0.2, 0.25) is 0 Å². The van der Waals surface area contributed by atoms with E-state index in [-0.39, 0.29) is 11.5 Å². The van der Waals surface area contributed by atoms with Gasteiger partial charge in [-0.05, 0) is 19.8 Å². The van der Waals surface area contributed by atoms with E-state index >= 15 is 0 Å². The zero-order chi connectivity index (χ0) is 10.6. The summed E-state index contributed by atoms with van der Waals surface area (Å²) in [4.78, 5) is 18.0. The van der Waals surface area contributed by atoms with Crippen molar-refractivity contribution in [3.05, 3.63) is 21.6 Å². The SMILES string of the molecule is CCCCCc1c(C)nc(N)[nH]c1=O. The van der Waals surface area contributed by atoms with Crippen LogP contribution in [0.15, 0.2) is 4.79 Å². The first kappa shape index (κ1) is 10.8. The Balaban J connectivity index is 2.81. The number of nitrogens with one attached hydrogen (secondary N) is 1. The average molecular weight is 195 g/mol. The van der Waals surface area contributed by atoms with Gasteiger partial charge in [0.2, 0.25) is 5.95 Å². The maximum atomic E-state index is 11.5. The predicted octanol–water partition coefficient (Wildman–Crippen LogP) is 1.39. The van der Waals surface area contributed by atoms with Crippen molar-refractivity contribution in [1.82, 2.24) is 9.97 Å². The largest absolute Gasteiger partial charge is 0.369 e. The highest BCUT2D eigenvalue weighted by atomic mass is 16.1. The zero-order valence-corrected chi connectivity index (χ0v) is 8.76. The van der Waals surface area contributed by atoms with Gasteiger partial charge >= 0.3 is 0 Å². The fourth-order valence-electron chi connectivity index (χ4n) is 1.48. The number of aryl methyl sites for hydroxylation is 1. The number of nitrogens with zero attached hydrogens (tertiary/aromatic N) is 1. The van der Waals surface area contributed by atoms with Gasteiger partial charge in [-0.15, -0.1) is 0 Å². The van der Waals surface area contributed by atoms with E-state index in [2.05, 4.69) is 16.9 Å². The smallest absolute Gasteiger partial charge is 0.255 e. The number of aromatic nitrogens is 2. The highest BCUT2D eigenvalue weighted by Crippen LogP contribution is 2.05. The number of nitrogens with two attached hydrogens (primary N) is 1. The number of H-pyrrole nitrogens is 1. The van der Waals surface area contributed by atoms with E-state index in [4.69, 9.17) is 5.73 Å². The third-order valence-electron chi connectivity index (χ3n) is 2.27. The molecular weight excluding hydrogens is 178 g/mol. The summed E-state index contributed by atoms with van der Waals surface area (Å²) in [7, 11) is 0. The molecule has 78 valence electrons. The molecule has 0 aliphatic heterocycles. The second kappa shape index (κ2) is 4.79. The van der Waals surface area contributed by atoms with Crippen LogP contribution in [0.3, 0.4) is 0 Å². The summed E-state index contributed by atoms with van der Waals surface area (Å²) in [6.07, 6.45) is 4.12. The highest BCUT2D eigenvalue weighted by Gasteiger charge is 2.05. The molecule has 0 aliphatic carbocycles. The van der Waals surface area contributed by atoms with Crippen molar-refractivity contribution in [2.75, 3.05) is 5.73 Å². The maximum Gasteiger partial charge on any atom is 0.255 e. The molecule has 4 heteroatoms. The van der Waals surface area contributed by atoms with E-state index in [0.29, 0.717) is 0 Å². The van der Waals surface area contributed by atoms with Gasteiger partial charge in [0.15, 0.2) is 0 Å². The molecule has 0 amide bonds. The van der Waals surface area contributed by atoms with Crippen LogP contribution in [0.1, 0.15) is 37.4 Å². The Morgan fingerprint density at radius 2 is 2.14 bits per heavy atom. The van der Waals surface area contributed by atoms with Gasteiger partial charge < -0.3 is 5.73 Å². The number of rotatable bonds is 4. The van der Waals surface area contributed by atoms with E-state index in [1.54, 1.807) is 0 Å². The van der Waals surface area contributed by atoms with Crippen molar-refractivity contribution in [1.29, 1.82) is 0 Å². The van der Waals surface area contributed by atoms with Crippen molar-refractivity contribution in [3.63, 3.8) is 0 Å². The standard InChI is InChI=1S/C10H17N3O/c1-3-4-5-6-8-7(2)12-10(11)13-9(8)14/h3-6H2,1-2H3,(H3,11,12,13,14). The van der Waals surface area contributed by atoms with Crippen LogP contribution in [0.5, 0.6) is 0 Å². The lowest BCUT2D eigenvalue weighted by Gasteiger charge is -2.03. The number of hydrogen-bond acceptors (Lipinski definition) is 3. The lowest BCUT2D eigenvalue weighted by Crippen LogP contribution is -2.18. The summed E-state index contributed by atoms with van der Waals surface area (Å²) in [5.41, 5.74) is 6.85. The molecule has 0 saturated heterocycles. The van der Waals surface area contributed by atoms with Crippen LogP contribution < -0.4 is 11.3 Å². The van der Waals surface area contributed by atoms with Gasteiger partial charge in [-0.3, -0.25) is 9.78 Å². The Morgan fingerprint density at radius 1 is 1.43 bits per heavy atom. The van der Waals surface area contributed by atoms with Gasteiger partial charge in [-0.25, -0.2) is 4.98 Å². The van der Waals surface area contributed by atoms with Crippen molar-refractivity contribution in [2.24, 2.45) is 0 Å². The Labute approximate surface area is 83.6 Å². The first-order valence-corrected chi connectivity index (χ1v) is 5.00. The van der Waals surface area contributed by atoms with Crippen LogP contribution in [0.25, 0.3) is 0 Å². The first-order valence-electron chi connectivity index (χ1n) is 5.00. The van der Waals surface area contributed by atoms with Gasteiger partial charge in [0.1, 0.15) is 0 Å². The zero-order valence-electron chi connectivity index (χ0n) is 8.76. The molecule has 0 spiro atoms. The molecule has 1 aromatic heterocycles. The summed E-state index contributed by atoms with van der Waals surface area (Å²) in [6, 6.07) is 0. The van der Waals surface area contributed by atoms with Gasteiger partial charge in [-0.1, -0.05) is 19.8 Å². The molecule has 1 heterocycles. The monoisotopic (exact) mass is 195 g/mol. The summed E-state index contributed by atoms with van der Waals surface area (Å²) in [6.45, 7) is 3.96. The minimum absolute atomic E-state index is 0.0916. The van der Waals surface area contributed by atoms with Gasteiger partial charge in [0, 0.05) is 11.3 Å². The van der Waals surface area contributed by atoms with Gasteiger partial charge in [0.05, 0.1) is 0 Å². The molecule has 0 unspecified atom stereocenters. The van der Waals surface area contributed by atoms with Gasteiger partial charge in [-0.2, -0.15) is 0 Å². The number of aromatic amines is 1. The van der Waals surface area contributed by atoms with Crippen LogP contribution >= 0.6 is 0 Å². The fourth-order valence-corrected chi connectivity index (χ4v) is 1.48. The Bertz CT molecular complexity index is 357. The molecule has 0 bridgehead atoms. The Kier molecular flexibility index (Phi) is 3.68. The normalized spacial score (nSPS) is 10.4. The molecule has 0 saturated carbocycles. The number of anilines is 1. The van der Waals surface area contributed by atoms with E-state index in [0.717, 1.165) is 36.9 Å². The number of nitrogen functional groups attached to an aromatic ring is 1. The number of unbranched alkanes of at least 4 members (excludes halogenated alkanes) is 2. The molecule has 0 fully saturated rings. The quantitative estimate of drug-likeness (QED) is 0.713. The van der Waals surface area contributed by atoms with Gasteiger partial charge in [0.25, 0.3) is 5.56 Å². The van der Waals surface area contributed by atoms with E-state index < -0.39 is 0 Å². The highest BCUT2D eigenvalue weighted by molar-refractivity contribution is 5.24. The lowest BCUT2D eigenvalue weighted by atomic mass is 10.1. The number of hydrogen-bond donors (Lipinski definition) is 2. The van der Waals surface area contributed by atoms with Crippen molar-refractivity contribution < 1.29 is 0 Å². The third kappa shape index (κ3) is 2.58. The molecule has 0 aliphatic rings. The topological polar surface area (TPSA) is 71.8 Å². The fraction of sp³-hybridized carbons (Fsp3) is 0.600. The molecule has 0 radical (unpaired) electrons. The van der Waals surface area contributed by atoms with Crippen molar-refractivity contribution >= 4 is 5.95 Å². The Morgan fingerprint density at radius 3 is 2.71 bits per heavy atom. The molecule has 0 atom stereocenters. The van der Waals surface area contributed by atoms with Crippen LogP contribution in [-0.2, 0) is 6.42 Å². The predicted molar refractivity (Wildman–Crippen MR) is 57.2 cm³/mol. The van der Waals surface area contributed by atoms with Crippen LogP contribution in [0, 0.1) is 6.92 Å². The Hall–Kier alpha value is -1.32. The third-order valence-corrected chi connectivity index (χ3v) is 2.27. The molecule has 1 rings (SSSR count). The van der Waals surface area contributed by atoms with E-state index in [1.165, 1.54) is 0 Å². The maximum absolute atomic E-state index is 11.5. The minimum Gasteiger partial charge on any atom is -0.369 e. The van der Waals surface area contributed by atoms with Crippen molar-refractivity contribution in [2.45, 2.75) is 39.5 Å². The molecule has 4 nitrogen and oxygen atoms in total. The van der Waals surface area contributed by atoms with Crippen molar-refractivity contribution in [3.8, 4) is 0 Å². The summed E-state index contributed by atoms with van der Waals surface area (Å²) >= 11 is 0. The molecule has 3 N–H and O–H groups in total. The minimum atomic E-state index is -0.0916. The summed E-state index contributed by atoms with van der Waals surface area (Å²) in [5.74, 6) is 0.201. The molecule has 0 aromatic carbocycles. The molecular formula is C10H17N3O. The lowest BCUT2D eigenvalue weighted by molar-refractivity contribution is 0.707. The second-order valence-corrected chi connectivity index (χ2v) is 3.47.